The van der Waals surface area contributed by atoms with Crippen LogP contribution in [0.1, 0.15) is 24.1 Å². The van der Waals surface area contributed by atoms with Crippen molar-refractivity contribution in [2.45, 2.75) is 19.0 Å². The number of anilines is 1. The maximum Gasteiger partial charge on any atom is 0.432 e. The average molecular weight is 538 g/mol. The molecule has 0 unspecified atom stereocenters. The van der Waals surface area contributed by atoms with Crippen molar-refractivity contribution in [3.8, 4) is 29.0 Å². The van der Waals surface area contributed by atoms with Crippen molar-refractivity contribution in [3.63, 3.8) is 0 Å². The fourth-order valence-corrected chi connectivity index (χ4v) is 4.87. The third-order valence-electron chi connectivity index (χ3n) is 5.44. The summed E-state index contributed by atoms with van der Waals surface area (Å²) in [5.74, 6) is 6.53. The Labute approximate surface area is 214 Å². The van der Waals surface area contributed by atoms with Gasteiger partial charge < -0.3 is 15.0 Å². The fourth-order valence-electron chi connectivity index (χ4n) is 3.49. The number of carbonyl (C=O) groups is 1. The van der Waals surface area contributed by atoms with Gasteiger partial charge in [-0.1, -0.05) is 17.5 Å². The largest absolute Gasteiger partial charge is 0.491 e. The molecule has 11 heteroatoms. The van der Waals surface area contributed by atoms with Crippen LogP contribution in [-0.2, 0) is 11.0 Å². The highest BCUT2D eigenvalue weighted by atomic mass is 35.5. The van der Waals surface area contributed by atoms with Crippen LogP contribution in [0.15, 0.2) is 42.6 Å². The van der Waals surface area contributed by atoms with Gasteiger partial charge in [-0.15, -0.1) is 0 Å². The second-order valence-corrected chi connectivity index (χ2v) is 9.69. The molecule has 0 spiro atoms. The van der Waals surface area contributed by atoms with Gasteiger partial charge in [0.2, 0.25) is 0 Å². The molecule has 0 aliphatic carbocycles. The summed E-state index contributed by atoms with van der Waals surface area (Å²) >= 11 is 7.64. The minimum atomic E-state index is -4.57. The van der Waals surface area contributed by atoms with Gasteiger partial charge in [-0.2, -0.15) is 24.9 Å². The number of thioether (sulfide) groups is 1. The summed E-state index contributed by atoms with van der Waals surface area (Å²) in [6.07, 6.45) is -1.83. The molecular formula is C25H20ClF4N3O2S. The van der Waals surface area contributed by atoms with Gasteiger partial charge >= 0.3 is 12.1 Å². The van der Waals surface area contributed by atoms with Crippen LogP contribution in [0.5, 0.6) is 5.75 Å². The second-order valence-electron chi connectivity index (χ2n) is 8.05. The maximum absolute atomic E-state index is 13.3. The SMILES string of the molecule is O=C(C#Cc1ccc(F)c(Cl)c1)Nc1cc(-c2ncc(C(F)(F)F)[nH]2)ccc1OCC1CCSCC1. The maximum atomic E-state index is 13.3. The summed E-state index contributed by atoms with van der Waals surface area (Å²) in [6.45, 7) is 0.446. The van der Waals surface area contributed by atoms with Gasteiger partial charge in [-0.25, -0.2) is 9.37 Å². The molecule has 1 aromatic heterocycles. The topological polar surface area (TPSA) is 67.0 Å². The van der Waals surface area contributed by atoms with E-state index in [2.05, 4.69) is 27.1 Å². The van der Waals surface area contributed by atoms with Gasteiger partial charge in [0.25, 0.3) is 0 Å². The summed E-state index contributed by atoms with van der Waals surface area (Å²) < 4.78 is 58.3. The Kier molecular flexibility index (Phi) is 8.11. The smallest absolute Gasteiger partial charge is 0.432 e. The van der Waals surface area contributed by atoms with Crippen molar-refractivity contribution in [1.82, 2.24) is 9.97 Å². The van der Waals surface area contributed by atoms with E-state index in [1.165, 1.54) is 18.2 Å². The molecule has 1 aliphatic heterocycles. The number of alkyl halides is 3. The van der Waals surface area contributed by atoms with Crippen LogP contribution < -0.4 is 10.1 Å². The second kappa shape index (κ2) is 11.3. The first-order valence-electron chi connectivity index (χ1n) is 10.9. The predicted octanol–water partition coefficient (Wildman–Crippen LogP) is 6.40. The standard InChI is InChI=1S/C25H20ClF4N3O2S/c26-18-11-15(1-4-19(18)27)2-6-23(34)32-20-12-17(24-31-13-22(33-24)25(28,29)30)3-5-21(20)35-14-16-7-9-36-10-8-16/h1,3-5,11-13,16H,7-10,14H2,(H,31,33)(H,32,34). The van der Waals surface area contributed by atoms with Gasteiger partial charge in [0.1, 0.15) is 23.1 Å². The number of halogens is 5. The number of benzene rings is 2. The lowest BCUT2D eigenvalue weighted by Gasteiger charge is -2.22. The molecule has 4 rings (SSSR count). The van der Waals surface area contributed by atoms with Crippen molar-refractivity contribution < 1.29 is 27.1 Å². The molecule has 1 aliphatic rings. The van der Waals surface area contributed by atoms with Gasteiger partial charge in [0.15, 0.2) is 0 Å². The molecule has 1 saturated heterocycles. The van der Waals surface area contributed by atoms with E-state index in [0.29, 0.717) is 35.6 Å². The molecule has 0 radical (unpaired) electrons. The third kappa shape index (κ3) is 6.74. The monoisotopic (exact) mass is 537 g/mol. The molecule has 36 heavy (non-hydrogen) atoms. The highest BCUT2D eigenvalue weighted by Crippen LogP contribution is 2.33. The van der Waals surface area contributed by atoms with Crippen molar-refractivity contribution >= 4 is 35.0 Å². The first-order chi connectivity index (χ1) is 17.2. The van der Waals surface area contributed by atoms with Crippen LogP contribution in [0.3, 0.4) is 0 Å². The third-order valence-corrected chi connectivity index (χ3v) is 6.78. The van der Waals surface area contributed by atoms with Crippen LogP contribution in [0, 0.1) is 23.6 Å². The van der Waals surface area contributed by atoms with Gasteiger partial charge in [-0.05, 0) is 66.7 Å². The Morgan fingerprint density at radius 3 is 2.69 bits per heavy atom. The number of H-pyrrole nitrogens is 1. The predicted molar refractivity (Wildman–Crippen MR) is 131 cm³/mol. The van der Waals surface area contributed by atoms with Crippen LogP contribution in [0.2, 0.25) is 5.02 Å². The van der Waals surface area contributed by atoms with E-state index in [1.807, 2.05) is 11.8 Å². The van der Waals surface area contributed by atoms with E-state index in [0.717, 1.165) is 30.4 Å². The number of nitrogens with zero attached hydrogens (tertiary/aromatic N) is 1. The molecule has 2 N–H and O–H groups in total. The highest BCUT2D eigenvalue weighted by molar-refractivity contribution is 7.99. The Morgan fingerprint density at radius 2 is 2.00 bits per heavy atom. The average Bonchev–Trinajstić information content (AvgIpc) is 3.36. The number of aromatic amines is 1. The summed E-state index contributed by atoms with van der Waals surface area (Å²) in [4.78, 5) is 18.6. The first kappa shape index (κ1) is 25.9. The molecule has 2 aromatic carbocycles. The van der Waals surface area contributed by atoms with E-state index in [9.17, 15) is 22.4 Å². The molecule has 188 valence electrons. The quantitative estimate of drug-likeness (QED) is 0.292. The molecule has 0 saturated carbocycles. The summed E-state index contributed by atoms with van der Waals surface area (Å²) in [5, 5.41) is 2.51. The van der Waals surface area contributed by atoms with E-state index >= 15 is 0 Å². The van der Waals surface area contributed by atoms with Crippen LogP contribution in [-0.4, -0.2) is 34.0 Å². The van der Waals surface area contributed by atoms with Crippen molar-refractivity contribution in [2.24, 2.45) is 5.92 Å². The van der Waals surface area contributed by atoms with Gasteiger partial charge in [-0.3, -0.25) is 4.79 Å². The van der Waals surface area contributed by atoms with E-state index in [4.69, 9.17) is 16.3 Å². The number of nitrogens with one attached hydrogen (secondary N) is 2. The van der Waals surface area contributed by atoms with Crippen LogP contribution in [0.25, 0.3) is 11.4 Å². The Morgan fingerprint density at radius 1 is 1.22 bits per heavy atom. The molecule has 2 heterocycles. The number of rotatable bonds is 5. The molecule has 3 aromatic rings. The Balaban J connectivity index is 1.57. The number of hydrogen-bond acceptors (Lipinski definition) is 4. The lowest BCUT2D eigenvalue weighted by atomic mass is 10.0. The molecular weight excluding hydrogens is 518 g/mol. The minimum Gasteiger partial charge on any atom is -0.491 e. The fraction of sp³-hybridized carbons (Fsp3) is 0.280. The van der Waals surface area contributed by atoms with Crippen molar-refractivity contribution in [1.29, 1.82) is 0 Å². The zero-order chi connectivity index (χ0) is 25.7. The molecule has 0 atom stereocenters. The zero-order valence-corrected chi connectivity index (χ0v) is 20.3. The lowest BCUT2D eigenvalue weighted by molar-refractivity contribution is -0.140. The highest BCUT2D eigenvalue weighted by Gasteiger charge is 2.33. The normalized spacial score (nSPS) is 14.1. The van der Waals surface area contributed by atoms with Crippen molar-refractivity contribution in [2.75, 3.05) is 23.4 Å². The number of ether oxygens (including phenoxy) is 1. The van der Waals surface area contributed by atoms with Crippen molar-refractivity contribution in [3.05, 3.63) is 64.7 Å². The summed E-state index contributed by atoms with van der Waals surface area (Å²) in [7, 11) is 0. The molecule has 5 nitrogen and oxygen atoms in total. The van der Waals surface area contributed by atoms with Gasteiger partial charge in [0.05, 0.1) is 23.5 Å². The number of aromatic nitrogens is 2. The zero-order valence-electron chi connectivity index (χ0n) is 18.7. The molecule has 0 bridgehead atoms. The number of hydrogen-bond donors (Lipinski definition) is 2. The summed E-state index contributed by atoms with van der Waals surface area (Å²) in [5.41, 5.74) is -0.0887. The van der Waals surface area contributed by atoms with E-state index < -0.39 is 23.6 Å². The van der Waals surface area contributed by atoms with E-state index in [1.54, 1.807) is 12.1 Å². The Bertz CT molecular complexity index is 1310. The number of imidazole rings is 1. The number of amides is 1. The molecule has 1 fully saturated rings. The summed E-state index contributed by atoms with van der Waals surface area (Å²) in [6, 6.07) is 8.43. The van der Waals surface area contributed by atoms with E-state index in [-0.39, 0.29) is 16.5 Å². The Hall–Kier alpha value is -3.16. The lowest BCUT2D eigenvalue weighted by Crippen LogP contribution is -2.18. The first-order valence-corrected chi connectivity index (χ1v) is 12.5. The minimum absolute atomic E-state index is 0.0132. The van der Waals surface area contributed by atoms with Gasteiger partial charge in [0, 0.05) is 17.0 Å². The number of carbonyl (C=O) groups excluding carboxylic acids is 1. The molecule has 1 amide bonds. The van der Waals surface area contributed by atoms with Crippen LogP contribution in [0.4, 0.5) is 23.2 Å². The van der Waals surface area contributed by atoms with Crippen LogP contribution >= 0.6 is 23.4 Å².